The first-order valence-corrected chi connectivity index (χ1v) is 22.7. The molecule has 0 radical (unpaired) electrons. The molecular weight excluding hydrogens is 773 g/mol. The molecule has 0 saturated heterocycles. The molecule has 2 aliphatic carbocycles. The summed E-state index contributed by atoms with van der Waals surface area (Å²) in [6.45, 7) is 9.11. The third-order valence-corrected chi connectivity index (χ3v) is 14.7. The van der Waals surface area contributed by atoms with Crippen molar-refractivity contribution in [3.63, 3.8) is 0 Å². The van der Waals surface area contributed by atoms with E-state index in [0.29, 0.717) is 0 Å². The van der Waals surface area contributed by atoms with E-state index in [-0.39, 0.29) is 17.4 Å². The summed E-state index contributed by atoms with van der Waals surface area (Å²) in [4.78, 5) is 5.06. The molecule has 3 aliphatic rings. The van der Waals surface area contributed by atoms with E-state index in [1.807, 2.05) is 0 Å². The maximum Gasteiger partial charge on any atom is 0.0679 e. The number of hydrogen-bond donors (Lipinski definition) is 0. The van der Waals surface area contributed by atoms with Gasteiger partial charge in [0.1, 0.15) is 0 Å². The van der Waals surface area contributed by atoms with E-state index in [4.69, 9.17) is 0 Å². The molecule has 2 unspecified atom stereocenters. The predicted molar refractivity (Wildman–Crippen MR) is 267 cm³/mol. The van der Waals surface area contributed by atoms with Crippen LogP contribution in [0.4, 0.5) is 28.4 Å². The number of nitrogens with zero attached hydrogens (tertiary/aromatic N) is 2. The fourth-order valence-corrected chi connectivity index (χ4v) is 11.9. The second-order valence-electron chi connectivity index (χ2n) is 18.7. The SMILES string of the molecule is Cc1cccc(N(c2ccc(-c3ccc4c(c3)C3C(c5ccccc5C3(c3ccccc3)c3ccccc3)N4c3ccc4c(c3)C(C)(C)c3ccccc3-4)cc2)c2cccc(C)c2)c1. The molecule has 308 valence electrons. The van der Waals surface area contributed by atoms with Gasteiger partial charge in [-0.1, -0.05) is 172 Å². The molecule has 0 saturated carbocycles. The molecule has 0 spiro atoms. The zero-order valence-corrected chi connectivity index (χ0v) is 36.8. The van der Waals surface area contributed by atoms with E-state index < -0.39 is 5.41 Å². The van der Waals surface area contributed by atoms with E-state index >= 15 is 0 Å². The van der Waals surface area contributed by atoms with Crippen LogP contribution in [0.3, 0.4) is 0 Å². The molecule has 2 heteroatoms. The van der Waals surface area contributed by atoms with Crippen LogP contribution < -0.4 is 9.80 Å². The fraction of sp³-hybridized carbons (Fsp3) is 0.129. The van der Waals surface area contributed by atoms with E-state index in [9.17, 15) is 0 Å². The van der Waals surface area contributed by atoms with Crippen molar-refractivity contribution in [1.29, 1.82) is 0 Å². The standard InChI is InChI=1S/C62H50N2/c1-41-17-15-23-48(37-41)63(49-24-16-18-42(2)38-49)47-32-29-43(30-33-47)44-31-36-58-54(39-44)59-60(64(58)50-34-35-52-51-25-11-13-27-55(51)61(3,4)57(52)40-50)53-26-12-14-28-56(53)62(59,45-19-7-5-8-20-45)46-21-9-6-10-22-46/h5-40,59-60H,1-4H3. The first-order valence-electron chi connectivity index (χ1n) is 22.7. The van der Waals surface area contributed by atoms with Crippen molar-refractivity contribution in [2.75, 3.05) is 9.80 Å². The maximum atomic E-state index is 2.69. The average Bonchev–Trinajstić information content (AvgIpc) is 3.91. The Hall–Kier alpha value is -7.42. The topological polar surface area (TPSA) is 6.48 Å². The zero-order chi connectivity index (χ0) is 43.2. The Morgan fingerprint density at radius 3 is 1.66 bits per heavy atom. The summed E-state index contributed by atoms with van der Waals surface area (Å²) in [6, 6.07) is 82.3. The number of benzene rings is 9. The Balaban J connectivity index is 1.06. The fourth-order valence-electron chi connectivity index (χ4n) is 11.9. The van der Waals surface area contributed by atoms with Gasteiger partial charge in [-0.15, -0.1) is 0 Å². The summed E-state index contributed by atoms with van der Waals surface area (Å²) in [6.07, 6.45) is 0. The normalized spacial score (nSPS) is 17.0. The minimum absolute atomic E-state index is 0.0615. The Labute approximate surface area is 377 Å². The van der Waals surface area contributed by atoms with Crippen LogP contribution in [0.1, 0.15) is 75.9 Å². The van der Waals surface area contributed by atoms with Gasteiger partial charge in [0, 0.05) is 39.8 Å². The van der Waals surface area contributed by atoms with Gasteiger partial charge in [-0.3, -0.25) is 0 Å². The van der Waals surface area contributed by atoms with Crippen LogP contribution in [-0.4, -0.2) is 0 Å². The lowest BCUT2D eigenvalue weighted by atomic mass is 9.63. The van der Waals surface area contributed by atoms with Crippen LogP contribution >= 0.6 is 0 Å². The second kappa shape index (κ2) is 14.6. The summed E-state index contributed by atoms with van der Waals surface area (Å²) in [5.74, 6) is 0.0838. The molecule has 2 nitrogen and oxygen atoms in total. The van der Waals surface area contributed by atoms with Crippen molar-refractivity contribution in [1.82, 2.24) is 0 Å². The summed E-state index contributed by atoms with van der Waals surface area (Å²) < 4.78 is 0. The van der Waals surface area contributed by atoms with Crippen molar-refractivity contribution < 1.29 is 0 Å². The molecule has 9 aromatic rings. The number of hydrogen-bond acceptors (Lipinski definition) is 2. The zero-order valence-electron chi connectivity index (χ0n) is 36.8. The highest BCUT2D eigenvalue weighted by Gasteiger charge is 2.60. The van der Waals surface area contributed by atoms with Gasteiger partial charge >= 0.3 is 0 Å². The van der Waals surface area contributed by atoms with E-state index in [1.165, 1.54) is 83.7 Å². The first kappa shape index (κ1) is 38.3. The molecule has 0 N–H and O–H groups in total. The highest BCUT2D eigenvalue weighted by Crippen LogP contribution is 2.69. The van der Waals surface area contributed by atoms with Gasteiger partial charge in [0.05, 0.1) is 11.5 Å². The summed E-state index contributed by atoms with van der Waals surface area (Å²) >= 11 is 0. The lowest BCUT2D eigenvalue weighted by molar-refractivity contribution is 0.482. The quantitative estimate of drug-likeness (QED) is 0.158. The third kappa shape index (κ3) is 5.65. The minimum Gasteiger partial charge on any atom is -0.333 e. The molecule has 1 aliphatic heterocycles. The Morgan fingerprint density at radius 1 is 0.422 bits per heavy atom. The van der Waals surface area contributed by atoms with Gasteiger partial charge in [-0.05, 0) is 147 Å². The molecule has 1 heterocycles. The molecule has 9 aromatic carbocycles. The van der Waals surface area contributed by atoms with Gasteiger partial charge in [-0.2, -0.15) is 0 Å². The summed E-state index contributed by atoms with van der Waals surface area (Å²) in [5, 5.41) is 0. The van der Waals surface area contributed by atoms with Crippen LogP contribution in [-0.2, 0) is 10.8 Å². The molecule has 12 rings (SSSR count). The van der Waals surface area contributed by atoms with Gasteiger partial charge in [0.15, 0.2) is 0 Å². The first-order chi connectivity index (χ1) is 31.3. The van der Waals surface area contributed by atoms with Crippen LogP contribution in [0.2, 0.25) is 0 Å². The Kier molecular flexibility index (Phi) is 8.72. The molecule has 0 amide bonds. The van der Waals surface area contributed by atoms with Crippen molar-refractivity contribution in [2.24, 2.45) is 0 Å². The molecule has 2 atom stereocenters. The van der Waals surface area contributed by atoms with Crippen LogP contribution in [0.5, 0.6) is 0 Å². The highest BCUT2D eigenvalue weighted by atomic mass is 15.2. The number of rotatable bonds is 7. The summed E-state index contributed by atoms with van der Waals surface area (Å²) in [5.41, 5.74) is 22.6. The highest BCUT2D eigenvalue weighted by molar-refractivity contribution is 5.87. The number of anilines is 5. The smallest absolute Gasteiger partial charge is 0.0679 e. The molecular formula is C62H50N2. The monoisotopic (exact) mass is 822 g/mol. The molecule has 0 aromatic heterocycles. The summed E-state index contributed by atoms with van der Waals surface area (Å²) in [7, 11) is 0. The minimum atomic E-state index is -0.440. The lowest BCUT2D eigenvalue weighted by Gasteiger charge is -2.38. The largest absolute Gasteiger partial charge is 0.333 e. The van der Waals surface area contributed by atoms with Gasteiger partial charge in [0.25, 0.3) is 0 Å². The predicted octanol–water partition coefficient (Wildman–Crippen LogP) is 16.1. The van der Waals surface area contributed by atoms with Crippen molar-refractivity contribution in [3.05, 3.63) is 268 Å². The maximum absolute atomic E-state index is 2.69. The Bertz CT molecular complexity index is 3150. The Morgan fingerprint density at radius 2 is 1.00 bits per heavy atom. The van der Waals surface area contributed by atoms with E-state index in [0.717, 1.165) is 17.1 Å². The van der Waals surface area contributed by atoms with Gasteiger partial charge < -0.3 is 9.80 Å². The molecule has 64 heavy (non-hydrogen) atoms. The number of fused-ring (bicyclic) bond motifs is 8. The van der Waals surface area contributed by atoms with Gasteiger partial charge in [-0.25, -0.2) is 0 Å². The molecule has 0 fully saturated rings. The van der Waals surface area contributed by atoms with Crippen LogP contribution in [0.15, 0.2) is 218 Å². The van der Waals surface area contributed by atoms with E-state index in [1.54, 1.807) is 0 Å². The average molecular weight is 823 g/mol. The van der Waals surface area contributed by atoms with Crippen molar-refractivity contribution in [3.8, 4) is 22.3 Å². The van der Waals surface area contributed by atoms with Gasteiger partial charge in [0.2, 0.25) is 0 Å². The third-order valence-electron chi connectivity index (χ3n) is 14.7. The second-order valence-corrected chi connectivity index (χ2v) is 18.7. The van der Waals surface area contributed by atoms with E-state index in [2.05, 4.69) is 256 Å². The van der Waals surface area contributed by atoms with Crippen molar-refractivity contribution in [2.45, 2.75) is 50.5 Å². The van der Waals surface area contributed by atoms with Crippen LogP contribution in [0.25, 0.3) is 22.3 Å². The van der Waals surface area contributed by atoms with Crippen LogP contribution in [0, 0.1) is 13.8 Å². The molecule has 0 bridgehead atoms. The number of aryl methyl sites for hydroxylation is 2. The van der Waals surface area contributed by atoms with Crippen molar-refractivity contribution >= 4 is 28.4 Å². The lowest BCUT2D eigenvalue weighted by Crippen LogP contribution is -2.34.